The first-order chi connectivity index (χ1) is 21.8. The Morgan fingerprint density at radius 1 is 1.02 bits per heavy atom. The van der Waals surface area contributed by atoms with Gasteiger partial charge in [0.25, 0.3) is 5.91 Å². The molecule has 4 atom stereocenters. The molecule has 0 unspecified atom stereocenters. The van der Waals surface area contributed by atoms with Crippen molar-refractivity contribution in [2.45, 2.75) is 38.3 Å². The minimum Gasteiger partial charge on any atom is -0.508 e. The number of primary amides is 1. The van der Waals surface area contributed by atoms with Crippen molar-refractivity contribution < 1.29 is 44.3 Å². The highest BCUT2D eigenvalue weighted by molar-refractivity contribution is 6.25. The van der Waals surface area contributed by atoms with Crippen LogP contribution in [0.2, 0.25) is 0 Å². The molecule has 3 aliphatic carbocycles. The van der Waals surface area contributed by atoms with Crippen molar-refractivity contribution in [3.63, 3.8) is 0 Å². The zero-order valence-corrected chi connectivity index (χ0v) is 27.2. The summed E-state index contributed by atoms with van der Waals surface area (Å²) in [6.07, 6.45) is -0.0519. The van der Waals surface area contributed by atoms with E-state index in [1.54, 1.807) is 64.3 Å². The van der Waals surface area contributed by atoms with E-state index in [0.717, 1.165) is 0 Å². The number of aliphatic hydroxyl groups excluding tert-OH is 2. The molecular weight excluding hydrogens is 610 g/mol. The number of benzene rings is 2. The Kier molecular flexibility index (Phi) is 7.81. The summed E-state index contributed by atoms with van der Waals surface area (Å²) in [5.41, 5.74) is -0.380. The molecule has 8 N–H and O–H groups in total. The molecule has 1 saturated carbocycles. The average Bonchev–Trinajstić information content (AvgIpc) is 2.96. The molecule has 3 amide bonds. The maximum absolute atomic E-state index is 14.5. The fourth-order valence-corrected chi connectivity index (χ4v) is 7.82. The van der Waals surface area contributed by atoms with Crippen LogP contribution in [0.3, 0.4) is 0 Å². The topological polar surface area (TPSA) is 215 Å². The molecule has 0 bridgehead atoms. The number of ether oxygens (including phenoxy) is 1. The molecule has 2 aromatic rings. The predicted molar refractivity (Wildman–Crippen MR) is 173 cm³/mol. The summed E-state index contributed by atoms with van der Waals surface area (Å²) in [6.45, 7) is 3.17. The van der Waals surface area contributed by atoms with Gasteiger partial charge < -0.3 is 46.4 Å². The van der Waals surface area contributed by atoms with E-state index in [2.05, 4.69) is 10.6 Å². The Morgan fingerprint density at radius 2 is 1.64 bits per heavy atom. The van der Waals surface area contributed by atoms with Gasteiger partial charge in [-0.25, -0.2) is 4.79 Å². The van der Waals surface area contributed by atoms with Crippen LogP contribution in [0.4, 0.5) is 21.9 Å². The number of likely N-dealkylation sites (N-methyl/N-ethyl adjacent to an activating group) is 1. The number of anilines is 3. The molecule has 1 fully saturated rings. The number of hydrogen-bond donors (Lipinski definition) is 7. The molecule has 0 aromatic heterocycles. The minimum atomic E-state index is -2.84. The lowest BCUT2D eigenvalue weighted by molar-refractivity contribution is -0.175. The van der Waals surface area contributed by atoms with E-state index < -0.39 is 68.8 Å². The number of rotatable bonds is 6. The average molecular weight is 650 g/mol. The molecule has 0 heterocycles. The SMILES string of the molecule is COc1ccc(NC(=O)Nc2cc(N(C)C)c3c(c2O)C(O)=C2C(=O)[C@]4(O)C(O)=C(C(N)=O)C(=O)[C@@H](N(C)C)[C@]4(C)C[C@]2(C)C3)cc1. The number of hydrogen-bond acceptors (Lipinski definition) is 11. The summed E-state index contributed by atoms with van der Waals surface area (Å²) in [4.78, 5) is 56.6. The number of nitrogens with zero attached hydrogens (tertiary/aromatic N) is 2. The van der Waals surface area contributed by atoms with Gasteiger partial charge in [-0.15, -0.1) is 0 Å². The fourth-order valence-electron chi connectivity index (χ4n) is 7.82. The van der Waals surface area contributed by atoms with Crippen molar-refractivity contribution in [3.05, 3.63) is 58.4 Å². The number of carbonyl (C=O) groups excluding carboxylic acids is 4. The summed E-state index contributed by atoms with van der Waals surface area (Å²) in [6, 6.07) is 6.11. The molecule has 0 radical (unpaired) electrons. The number of aliphatic hydroxyl groups is 3. The number of Topliss-reactive ketones (excluding diaryl/α,β-unsaturated/α-hetero) is 2. The summed E-state index contributed by atoms with van der Waals surface area (Å²) >= 11 is 0. The van der Waals surface area contributed by atoms with Gasteiger partial charge in [0.15, 0.2) is 17.1 Å². The molecule has 2 aromatic carbocycles. The molecule has 0 spiro atoms. The standard InChI is InChI=1S/C33H39N5O9/c1-31-13-17-19(37(3)4)12-18(36-30(45)35-15-8-10-16(47-7)11-9-15)23(39)20(17)24(40)22(31)28(43)33(46)27(42)21(29(34)44)25(41)26(38(5)6)32(33,2)14-31/h8-12,26,39-40,42,46H,13-14H2,1-7H3,(H2,34,44)(H2,35,36,45)/t26-,31+,32+,33-/m1/s1. The number of amides is 3. The molecule has 0 aliphatic heterocycles. The molecular formula is C33H39N5O9. The van der Waals surface area contributed by atoms with Crippen molar-refractivity contribution in [2.75, 3.05) is 50.8 Å². The van der Waals surface area contributed by atoms with Crippen LogP contribution in [0.15, 0.2) is 47.2 Å². The van der Waals surface area contributed by atoms with Crippen LogP contribution in [0.1, 0.15) is 31.4 Å². The first kappa shape index (κ1) is 33.3. The third-order valence-electron chi connectivity index (χ3n) is 9.69. The van der Waals surface area contributed by atoms with Crippen LogP contribution in [-0.4, -0.2) is 95.8 Å². The lowest BCUT2D eigenvalue weighted by atomic mass is 9.46. The van der Waals surface area contributed by atoms with E-state index in [9.17, 15) is 39.6 Å². The highest BCUT2D eigenvalue weighted by Crippen LogP contribution is 2.63. The van der Waals surface area contributed by atoms with Crippen LogP contribution in [-0.2, 0) is 20.8 Å². The molecule has 0 saturated heterocycles. The number of nitrogens with two attached hydrogens (primary N) is 1. The summed E-state index contributed by atoms with van der Waals surface area (Å²) in [5, 5.41) is 52.1. The number of methoxy groups -OCH3 is 1. The highest BCUT2D eigenvalue weighted by atomic mass is 16.5. The van der Waals surface area contributed by atoms with E-state index in [1.165, 1.54) is 25.0 Å². The molecule has 47 heavy (non-hydrogen) atoms. The van der Waals surface area contributed by atoms with Crippen molar-refractivity contribution in [1.82, 2.24) is 4.90 Å². The van der Waals surface area contributed by atoms with Crippen molar-refractivity contribution in [3.8, 4) is 11.5 Å². The van der Waals surface area contributed by atoms with E-state index >= 15 is 0 Å². The second-order valence-corrected chi connectivity index (χ2v) is 13.3. The van der Waals surface area contributed by atoms with Crippen LogP contribution < -0.4 is 26.0 Å². The lowest BCUT2D eigenvalue weighted by Gasteiger charge is -2.59. The predicted octanol–water partition coefficient (Wildman–Crippen LogP) is 2.46. The van der Waals surface area contributed by atoms with Gasteiger partial charge in [0.2, 0.25) is 5.78 Å². The van der Waals surface area contributed by atoms with Gasteiger partial charge in [0.1, 0.15) is 22.8 Å². The Morgan fingerprint density at radius 3 is 2.17 bits per heavy atom. The smallest absolute Gasteiger partial charge is 0.323 e. The molecule has 5 rings (SSSR count). The maximum Gasteiger partial charge on any atom is 0.323 e. The quantitative estimate of drug-likeness (QED) is 0.178. The molecule has 250 valence electrons. The first-order valence-corrected chi connectivity index (χ1v) is 14.8. The third-order valence-corrected chi connectivity index (χ3v) is 9.69. The number of carbonyl (C=O) groups is 4. The zero-order chi connectivity index (χ0) is 35.0. The Hall–Kier alpha value is -5.08. The number of phenols is 1. The molecule has 14 heteroatoms. The van der Waals surface area contributed by atoms with Gasteiger partial charge in [-0.2, -0.15) is 0 Å². The highest BCUT2D eigenvalue weighted by Gasteiger charge is 2.72. The van der Waals surface area contributed by atoms with Crippen LogP contribution in [0.25, 0.3) is 5.76 Å². The van der Waals surface area contributed by atoms with E-state index in [4.69, 9.17) is 10.5 Å². The Bertz CT molecular complexity index is 1800. The van der Waals surface area contributed by atoms with Crippen LogP contribution >= 0.6 is 0 Å². The number of nitrogens with one attached hydrogen (secondary N) is 2. The second-order valence-electron chi connectivity index (χ2n) is 13.3. The van der Waals surface area contributed by atoms with Gasteiger partial charge >= 0.3 is 6.03 Å². The van der Waals surface area contributed by atoms with Gasteiger partial charge in [0, 0.05) is 41.9 Å². The van der Waals surface area contributed by atoms with Crippen molar-refractivity contribution in [1.29, 1.82) is 0 Å². The largest absolute Gasteiger partial charge is 0.508 e. The molecule has 14 nitrogen and oxygen atoms in total. The number of aromatic hydroxyl groups is 1. The number of fused-ring (bicyclic) bond motifs is 3. The van der Waals surface area contributed by atoms with Crippen molar-refractivity contribution >= 4 is 46.3 Å². The van der Waals surface area contributed by atoms with Crippen LogP contribution in [0, 0.1) is 10.8 Å². The number of ketones is 2. The summed E-state index contributed by atoms with van der Waals surface area (Å²) < 4.78 is 5.13. The zero-order valence-electron chi connectivity index (χ0n) is 27.2. The number of phenolic OH excluding ortho intramolecular Hbond substituents is 1. The fraction of sp³-hybridized carbons (Fsp3) is 0.394. The normalized spacial score (nSPS) is 26.8. The number of urea groups is 1. The summed E-state index contributed by atoms with van der Waals surface area (Å²) in [7, 11) is 8.06. The van der Waals surface area contributed by atoms with E-state index in [1.807, 2.05) is 0 Å². The Labute approximate surface area is 271 Å². The monoisotopic (exact) mass is 649 g/mol. The molecule has 3 aliphatic rings. The lowest BCUT2D eigenvalue weighted by Crippen LogP contribution is -2.72. The third kappa shape index (κ3) is 4.69. The van der Waals surface area contributed by atoms with E-state index in [0.29, 0.717) is 22.7 Å². The summed E-state index contributed by atoms with van der Waals surface area (Å²) in [5.74, 6) is -5.12. The van der Waals surface area contributed by atoms with E-state index in [-0.39, 0.29) is 29.7 Å². The van der Waals surface area contributed by atoms with Gasteiger partial charge in [-0.1, -0.05) is 13.8 Å². The van der Waals surface area contributed by atoms with Gasteiger partial charge in [-0.05, 0) is 62.8 Å². The Balaban J connectivity index is 1.68. The minimum absolute atomic E-state index is 0.0556. The first-order valence-electron chi connectivity index (χ1n) is 14.8. The van der Waals surface area contributed by atoms with Gasteiger partial charge in [-0.3, -0.25) is 19.3 Å². The van der Waals surface area contributed by atoms with Crippen molar-refractivity contribution in [2.24, 2.45) is 16.6 Å². The maximum atomic E-state index is 14.5. The van der Waals surface area contributed by atoms with Gasteiger partial charge in [0.05, 0.1) is 24.4 Å². The second kappa shape index (κ2) is 11.0. The van der Waals surface area contributed by atoms with Crippen LogP contribution in [0.5, 0.6) is 11.5 Å².